The van der Waals surface area contributed by atoms with Crippen molar-refractivity contribution < 1.29 is 0 Å². The van der Waals surface area contributed by atoms with Crippen molar-refractivity contribution in [1.82, 2.24) is 4.99 Å². The minimum absolute atomic E-state index is 0.572. The molecule has 0 fully saturated rings. The molecule has 0 unspecified atom stereocenters. The van der Waals surface area contributed by atoms with E-state index in [2.05, 4.69) is 4.99 Å². The standard InChI is InChI=1S/C5H6N2/c6-5-3-1-2-4-7-5/h1-4H,6H2/q+1. The molecule has 0 aromatic carbocycles. The van der Waals surface area contributed by atoms with E-state index in [0.29, 0.717) is 5.84 Å². The quantitative estimate of drug-likeness (QED) is 0.442. The molecule has 35 valence electrons. The first-order valence-electron chi connectivity index (χ1n) is 2.06. The Labute approximate surface area is 42.0 Å². The lowest BCUT2D eigenvalue weighted by Crippen LogP contribution is -2.14. The van der Waals surface area contributed by atoms with Crippen LogP contribution >= 0.6 is 0 Å². The molecule has 0 aliphatic carbocycles. The molecule has 0 bridgehead atoms. The van der Waals surface area contributed by atoms with Gasteiger partial charge in [-0.1, -0.05) is 11.1 Å². The van der Waals surface area contributed by atoms with Gasteiger partial charge in [-0.3, -0.25) is 5.73 Å². The van der Waals surface area contributed by atoms with Gasteiger partial charge < -0.3 is 0 Å². The molecule has 1 radical (unpaired) electrons. The largest absolute Gasteiger partial charge is 0.314 e. The lowest BCUT2D eigenvalue weighted by Gasteiger charge is -1.77. The van der Waals surface area contributed by atoms with Gasteiger partial charge >= 0.3 is 5.84 Å². The molecular weight excluding hydrogens is 88.1 g/mol. The predicted molar refractivity (Wildman–Crippen MR) is 29.6 cm³/mol. The zero-order valence-corrected chi connectivity index (χ0v) is 3.83. The summed E-state index contributed by atoms with van der Waals surface area (Å²) in [5, 5.41) is 0. The van der Waals surface area contributed by atoms with Gasteiger partial charge in [-0.2, -0.15) is 0 Å². The molecule has 2 heteroatoms. The Balaban J connectivity index is 2.82. The molecule has 0 saturated carbocycles. The topological polar surface area (TPSA) is 40.1 Å². The van der Waals surface area contributed by atoms with Gasteiger partial charge in [0, 0.05) is 6.08 Å². The van der Waals surface area contributed by atoms with Crippen LogP contribution in [-0.4, -0.2) is 5.84 Å². The minimum atomic E-state index is 0.572. The smallest absolute Gasteiger partial charge is 0.284 e. The maximum atomic E-state index is 5.25. The molecule has 2 nitrogen and oxygen atoms in total. The van der Waals surface area contributed by atoms with Crippen molar-refractivity contribution in [3.63, 3.8) is 0 Å². The molecule has 0 aromatic rings. The van der Waals surface area contributed by atoms with Crippen molar-refractivity contribution in [3.05, 3.63) is 24.4 Å². The normalized spacial score (nSPS) is 16.9. The van der Waals surface area contributed by atoms with Gasteiger partial charge in [-0.05, 0) is 6.08 Å². The third-order valence-electron chi connectivity index (χ3n) is 0.688. The van der Waals surface area contributed by atoms with Crippen LogP contribution in [-0.2, 0) is 0 Å². The average molecular weight is 94.1 g/mol. The zero-order chi connectivity index (χ0) is 5.11. The van der Waals surface area contributed by atoms with E-state index in [1.54, 1.807) is 12.3 Å². The third kappa shape index (κ3) is 0.892. The summed E-state index contributed by atoms with van der Waals surface area (Å²) in [5.74, 6) is 0.572. The lowest BCUT2D eigenvalue weighted by atomic mass is 10.4. The second-order valence-electron chi connectivity index (χ2n) is 1.25. The molecule has 1 heterocycles. The first-order chi connectivity index (χ1) is 3.39. The molecular formula is C5H6N2+. The van der Waals surface area contributed by atoms with Crippen molar-refractivity contribution >= 4 is 5.84 Å². The van der Waals surface area contributed by atoms with Gasteiger partial charge in [-0.15, -0.1) is 0 Å². The molecule has 0 aromatic heterocycles. The summed E-state index contributed by atoms with van der Waals surface area (Å²) in [6.45, 7) is 0. The summed E-state index contributed by atoms with van der Waals surface area (Å²) < 4.78 is 0. The van der Waals surface area contributed by atoms with Crippen LogP contribution in [0.25, 0.3) is 0 Å². The van der Waals surface area contributed by atoms with E-state index in [-0.39, 0.29) is 0 Å². The predicted octanol–water partition coefficient (Wildman–Crippen LogP) is -0.237. The lowest BCUT2D eigenvalue weighted by molar-refractivity contribution is 1.33. The Morgan fingerprint density at radius 3 is 2.57 bits per heavy atom. The highest BCUT2D eigenvalue weighted by Crippen LogP contribution is 1.78. The Bertz CT molecular complexity index is 142. The van der Waals surface area contributed by atoms with Crippen LogP contribution in [0.4, 0.5) is 0 Å². The van der Waals surface area contributed by atoms with Gasteiger partial charge in [0.15, 0.2) is 0 Å². The molecule has 0 amide bonds. The molecule has 1 aliphatic rings. The summed E-state index contributed by atoms with van der Waals surface area (Å²) in [5.41, 5.74) is 5.25. The van der Waals surface area contributed by atoms with Gasteiger partial charge in [0.25, 0.3) is 0 Å². The van der Waals surface area contributed by atoms with Crippen LogP contribution in [0.5, 0.6) is 0 Å². The number of nitrogens with zero attached hydrogens (tertiary/aromatic N) is 1. The fourth-order valence-electron chi connectivity index (χ4n) is 0.376. The first kappa shape index (κ1) is 4.12. The summed E-state index contributed by atoms with van der Waals surface area (Å²) >= 11 is 0. The van der Waals surface area contributed by atoms with E-state index in [1.807, 2.05) is 12.2 Å². The highest BCUT2D eigenvalue weighted by atomic mass is 14.8. The van der Waals surface area contributed by atoms with Crippen molar-refractivity contribution in [2.75, 3.05) is 0 Å². The van der Waals surface area contributed by atoms with Crippen LogP contribution in [0.2, 0.25) is 0 Å². The molecule has 0 spiro atoms. The Morgan fingerprint density at radius 1 is 1.43 bits per heavy atom. The number of aliphatic imine (C=N–C) groups is 1. The van der Waals surface area contributed by atoms with E-state index >= 15 is 0 Å². The van der Waals surface area contributed by atoms with Crippen molar-refractivity contribution in [2.45, 2.75) is 0 Å². The van der Waals surface area contributed by atoms with Gasteiger partial charge in [0.2, 0.25) is 0 Å². The highest BCUT2D eigenvalue weighted by molar-refractivity contribution is 5.91. The number of rotatable bonds is 0. The fraction of sp³-hybridized carbons (Fsp3) is 0. The second-order valence-corrected chi connectivity index (χ2v) is 1.25. The zero-order valence-electron chi connectivity index (χ0n) is 3.83. The van der Waals surface area contributed by atoms with Crippen LogP contribution in [0, 0.1) is 0 Å². The molecule has 1 aliphatic heterocycles. The van der Waals surface area contributed by atoms with Gasteiger partial charge in [-0.25, -0.2) is 0 Å². The highest BCUT2D eigenvalue weighted by Gasteiger charge is 1.92. The summed E-state index contributed by atoms with van der Waals surface area (Å²) in [4.78, 5) is 3.76. The van der Waals surface area contributed by atoms with Crippen molar-refractivity contribution in [3.8, 4) is 0 Å². The Morgan fingerprint density at radius 2 is 2.29 bits per heavy atom. The molecule has 2 N–H and O–H groups in total. The maximum absolute atomic E-state index is 5.25. The van der Waals surface area contributed by atoms with E-state index in [9.17, 15) is 0 Å². The summed E-state index contributed by atoms with van der Waals surface area (Å²) in [6.07, 6.45) is 7.09. The SMILES string of the molecule is NC1=[N+]C=CC=C1. The van der Waals surface area contributed by atoms with Crippen LogP contribution in [0.3, 0.4) is 0 Å². The average Bonchev–Trinajstić information content (AvgIpc) is 1.69. The molecule has 0 saturated heterocycles. The van der Waals surface area contributed by atoms with E-state index < -0.39 is 0 Å². The maximum Gasteiger partial charge on any atom is 0.314 e. The molecule has 0 atom stereocenters. The number of allylic oxidation sites excluding steroid dienone is 2. The first-order valence-corrected chi connectivity index (χ1v) is 2.06. The second kappa shape index (κ2) is 1.60. The number of amidine groups is 1. The summed E-state index contributed by atoms with van der Waals surface area (Å²) in [6, 6.07) is 0. The van der Waals surface area contributed by atoms with Crippen molar-refractivity contribution in [1.29, 1.82) is 0 Å². The van der Waals surface area contributed by atoms with Crippen molar-refractivity contribution in [2.24, 2.45) is 5.73 Å². The monoisotopic (exact) mass is 94.1 g/mol. The fourth-order valence-corrected chi connectivity index (χ4v) is 0.376. The summed E-state index contributed by atoms with van der Waals surface area (Å²) in [7, 11) is 0. The van der Waals surface area contributed by atoms with Crippen LogP contribution in [0.1, 0.15) is 0 Å². The van der Waals surface area contributed by atoms with Gasteiger partial charge in [0.05, 0.1) is 0 Å². The van der Waals surface area contributed by atoms with E-state index in [1.165, 1.54) is 0 Å². The number of hydrogen-bond acceptors (Lipinski definition) is 2. The van der Waals surface area contributed by atoms with E-state index in [4.69, 9.17) is 5.73 Å². The van der Waals surface area contributed by atoms with Crippen LogP contribution < -0.4 is 10.7 Å². The van der Waals surface area contributed by atoms with Gasteiger partial charge in [0.1, 0.15) is 6.20 Å². The Hall–Kier alpha value is -1.05. The van der Waals surface area contributed by atoms with E-state index in [0.717, 1.165) is 0 Å². The minimum Gasteiger partial charge on any atom is -0.284 e. The number of nitrogens with two attached hydrogens (primary N) is 1. The third-order valence-corrected chi connectivity index (χ3v) is 0.688. The molecule has 1 rings (SSSR count). The number of hydrogen-bond donors (Lipinski definition) is 1. The van der Waals surface area contributed by atoms with Crippen LogP contribution in [0.15, 0.2) is 24.4 Å². The Kier molecular flexibility index (Phi) is 0.941. The molecule has 7 heavy (non-hydrogen) atoms.